The van der Waals surface area contributed by atoms with Crippen LogP contribution >= 0.6 is 11.6 Å². The number of carbonyl (C=O) groups excluding carboxylic acids is 2. The Hall–Kier alpha value is -4.34. The highest BCUT2D eigenvalue weighted by Crippen LogP contribution is 2.47. The average Bonchev–Trinajstić information content (AvgIpc) is 3.18. The SMILES string of the molecule is CCOC(=O)C1=C(C)NC2=C(C(=O)c3ccccc32)[C@H]1c1ccc(OCc2ccccc2C#N)c(Cl)c1. The van der Waals surface area contributed by atoms with Crippen LogP contribution in [-0.4, -0.2) is 18.4 Å². The summed E-state index contributed by atoms with van der Waals surface area (Å²) >= 11 is 6.64. The van der Waals surface area contributed by atoms with Crippen molar-refractivity contribution in [3.05, 3.63) is 116 Å². The van der Waals surface area contributed by atoms with Crippen LogP contribution in [0.3, 0.4) is 0 Å². The molecule has 6 nitrogen and oxygen atoms in total. The lowest BCUT2D eigenvalue weighted by molar-refractivity contribution is -0.138. The zero-order valence-corrected chi connectivity index (χ0v) is 21.1. The third-order valence-corrected chi connectivity index (χ3v) is 6.85. The van der Waals surface area contributed by atoms with E-state index in [2.05, 4.69) is 11.4 Å². The standard InChI is InChI=1S/C30H23ClN2O4/c1-3-36-30(35)25-17(2)33-28-21-10-6-7-11-22(21)29(34)27(28)26(25)18-12-13-24(23(31)14-18)37-16-20-9-5-4-8-19(20)15-32/h4-14,26,33H,3,16H2,1-2H3/t26-/m0/s1. The minimum absolute atomic E-state index is 0.137. The van der Waals surface area contributed by atoms with Gasteiger partial charge in [-0.1, -0.05) is 60.1 Å². The zero-order chi connectivity index (χ0) is 26.1. The predicted octanol–water partition coefficient (Wildman–Crippen LogP) is 5.92. The first-order valence-electron chi connectivity index (χ1n) is 11.9. The normalized spacial score (nSPS) is 16.1. The Balaban J connectivity index is 1.54. The number of hydrogen-bond acceptors (Lipinski definition) is 6. The molecule has 0 bridgehead atoms. The second-order valence-corrected chi connectivity index (χ2v) is 9.14. The molecule has 3 aromatic carbocycles. The molecule has 5 rings (SSSR count). The summed E-state index contributed by atoms with van der Waals surface area (Å²) in [5.74, 6) is -0.860. The highest BCUT2D eigenvalue weighted by molar-refractivity contribution is 6.32. The molecule has 1 aliphatic carbocycles. The Bertz CT molecular complexity index is 1550. The van der Waals surface area contributed by atoms with Crippen molar-refractivity contribution >= 4 is 29.1 Å². The highest BCUT2D eigenvalue weighted by Gasteiger charge is 2.43. The van der Waals surface area contributed by atoms with Gasteiger partial charge in [-0.3, -0.25) is 4.79 Å². The molecule has 1 N–H and O–H groups in total. The number of nitrogens with one attached hydrogen (secondary N) is 1. The van der Waals surface area contributed by atoms with Gasteiger partial charge >= 0.3 is 5.97 Å². The highest BCUT2D eigenvalue weighted by atomic mass is 35.5. The smallest absolute Gasteiger partial charge is 0.336 e. The molecule has 0 aromatic heterocycles. The molecule has 0 saturated carbocycles. The summed E-state index contributed by atoms with van der Waals surface area (Å²) in [6.45, 7) is 3.93. The lowest BCUT2D eigenvalue weighted by Gasteiger charge is -2.29. The summed E-state index contributed by atoms with van der Waals surface area (Å²) < 4.78 is 11.3. The summed E-state index contributed by atoms with van der Waals surface area (Å²) in [7, 11) is 0. The molecule has 0 amide bonds. The molecule has 0 unspecified atom stereocenters. The van der Waals surface area contributed by atoms with Crippen molar-refractivity contribution in [1.82, 2.24) is 5.32 Å². The number of hydrogen-bond donors (Lipinski definition) is 1. The zero-order valence-electron chi connectivity index (χ0n) is 20.3. The Morgan fingerprint density at radius 1 is 1.08 bits per heavy atom. The van der Waals surface area contributed by atoms with Crippen LogP contribution in [0.2, 0.25) is 5.02 Å². The van der Waals surface area contributed by atoms with Gasteiger partial charge < -0.3 is 14.8 Å². The van der Waals surface area contributed by atoms with Crippen LogP contribution in [0.1, 0.15) is 52.4 Å². The van der Waals surface area contributed by atoms with E-state index in [9.17, 15) is 14.9 Å². The van der Waals surface area contributed by atoms with Gasteiger partial charge in [0.05, 0.1) is 34.5 Å². The molecule has 0 saturated heterocycles. The molecule has 1 heterocycles. The van der Waals surface area contributed by atoms with Crippen LogP contribution < -0.4 is 10.1 Å². The van der Waals surface area contributed by atoms with Crippen molar-refractivity contribution in [2.24, 2.45) is 0 Å². The van der Waals surface area contributed by atoms with Gasteiger partial charge in [-0.05, 0) is 37.6 Å². The number of esters is 1. The third kappa shape index (κ3) is 4.28. The lowest BCUT2D eigenvalue weighted by atomic mass is 9.80. The molecule has 0 spiro atoms. The number of Topliss-reactive ketones (excluding diaryl/α,β-unsaturated/α-hetero) is 1. The number of nitriles is 1. The van der Waals surface area contributed by atoms with E-state index in [1.807, 2.05) is 30.3 Å². The van der Waals surface area contributed by atoms with E-state index in [-0.39, 0.29) is 19.0 Å². The molecule has 184 valence electrons. The van der Waals surface area contributed by atoms with E-state index in [1.165, 1.54) is 0 Å². The first-order valence-corrected chi connectivity index (χ1v) is 12.3. The van der Waals surface area contributed by atoms with E-state index in [1.54, 1.807) is 50.2 Å². The van der Waals surface area contributed by atoms with Crippen LogP contribution in [0.15, 0.2) is 83.6 Å². The molecule has 0 radical (unpaired) electrons. The third-order valence-electron chi connectivity index (χ3n) is 6.55. The fourth-order valence-electron chi connectivity index (χ4n) is 4.87. The van der Waals surface area contributed by atoms with E-state index < -0.39 is 11.9 Å². The number of ether oxygens (including phenoxy) is 2. The summed E-state index contributed by atoms with van der Waals surface area (Å²) in [6, 6.07) is 22.0. The summed E-state index contributed by atoms with van der Waals surface area (Å²) in [5.41, 5.74) is 5.52. The molecule has 0 fully saturated rings. The molecule has 7 heteroatoms. The van der Waals surface area contributed by atoms with Crippen molar-refractivity contribution in [2.75, 3.05) is 6.61 Å². The number of ketones is 1. The molecular weight excluding hydrogens is 488 g/mol. The number of carbonyl (C=O) groups is 2. The van der Waals surface area contributed by atoms with Crippen molar-refractivity contribution in [3.8, 4) is 11.8 Å². The first-order chi connectivity index (χ1) is 17.9. The van der Waals surface area contributed by atoms with Gasteiger partial charge in [-0.15, -0.1) is 0 Å². The number of dihydropyridines is 1. The minimum atomic E-state index is -0.666. The van der Waals surface area contributed by atoms with Crippen LogP contribution in [0.5, 0.6) is 5.75 Å². The van der Waals surface area contributed by atoms with Gasteiger partial charge in [0.25, 0.3) is 0 Å². The topological polar surface area (TPSA) is 88.4 Å². The largest absolute Gasteiger partial charge is 0.487 e. The Kier molecular flexibility index (Phi) is 6.56. The van der Waals surface area contributed by atoms with E-state index in [0.717, 1.165) is 11.1 Å². The van der Waals surface area contributed by atoms with Gasteiger partial charge in [0, 0.05) is 33.9 Å². The first kappa shape index (κ1) is 24.4. The van der Waals surface area contributed by atoms with Gasteiger partial charge in [-0.2, -0.15) is 5.26 Å². The Labute approximate surface area is 219 Å². The van der Waals surface area contributed by atoms with Gasteiger partial charge in [0.2, 0.25) is 0 Å². The molecule has 3 aromatic rings. The van der Waals surface area contributed by atoms with Crippen LogP contribution in [0.25, 0.3) is 5.70 Å². The summed E-state index contributed by atoms with van der Waals surface area (Å²) in [6.07, 6.45) is 0. The van der Waals surface area contributed by atoms with E-state index >= 15 is 0 Å². The fraction of sp³-hybridized carbons (Fsp3) is 0.167. The second-order valence-electron chi connectivity index (χ2n) is 8.73. The number of benzene rings is 3. The summed E-state index contributed by atoms with van der Waals surface area (Å²) in [5, 5.41) is 12.9. The second kappa shape index (κ2) is 9.96. The van der Waals surface area contributed by atoms with Crippen LogP contribution in [0, 0.1) is 11.3 Å². The molecule has 37 heavy (non-hydrogen) atoms. The maximum Gasteiger partial charge on any atom is 0.336 e. The Morgan fingerprint density at radius 2 is 1.81 bits per heavy atom. The Morgan fingerprint density at radius 3 is 2.54 bits per heavy atom. The van der Waals surface area contributed by atoms with Gasteiger partial charge in [0.1, 0.15) is 12.4 Å². The number of nitrogens with zero attached hydrogens (tertiary/aromatic N) is 1. The van der Waals surface area contributed by atoms with Crippen LogP contribution in [-0.2, 0) is 16.1 Å². The van der Waals surface area contributed by atoms with Crippen LogP contribution in [0.4, 0.5) is 0 Å². The molecular formula is C30H23ClN2O4. The van der Waals surface area contributed by atoms with E-state index in [0.29, 0.717) is 50.0 Å². The minimum Gasteiger partial charge on any atom is -0.487 e. The average molecular weight is 511 g/mol. The van der Waals surface area contributed by atoms with Crippen molar-refractivity contribution in [3.63, 3.8) is 0 Å². The predicted molar refractivity (Wildman–Crippen MR) is 140 cm³/mol. The lowest BCUT2D eigenvalue weighted by Crippen LogP contribution is -2.29. The van der Waals surface area contributed by atoms with E-state index in [4.69, 9.17) is 21.1 Å². The number of fused-ring (bicyclic) bond motifs is 2. The molecule has 1 aliphatic heterocycles. The monoisotopic (exact) mass is 510 g/mol. The van der Waals surface area contributed by atoms with Crippen molar-refractivity contribution < 1.29 is 19.1 Å². The molecule has 2 aliphatic rings. The molecule has 1 atom stereocenters. The quantitative estimate of drug-likeness (QED) is 0.414. The van der Waals surface area contributed by atoms with Gasteiger partial charge in [-0.25, -0.2) is 4.79 Å². The van der Waals surface area contributed by atoms with Gasteiger partial charge in [0.15, 0.2) is 5.78 Å². The number of allylic oxidation sites excluding steroid dienone is 2. The maximum absolute atomic E-state index is 13.6. The number of rotatable bonds is 6. The number of halogens is 1. The fourth-order valence-corrected chi connectivity index (χ4v) is 5.11. The summed E-state index contributed by atoms with van der Waals surface area (Å²) in [4.78, 5) is 26.7. The van der Waals surface area contributed by atoms with Crippen molar-refractivity contribution in [2.45, 2.75) is 26.4 Å². The van der Waals surface area contributed by atoms with Crippen molar-refractivity contribution in [1.29, 1.82) is 5.26 Å². The maximum atomic E-state index is 13.6.